The van der Waals surface area contributed by atoms with E-state index in [0.29, 0.717) is 43.9 Å². The number of halogens is 1. The molecule has 1 aliphatic carbocycles. The number of aliphatic imine (C=N–C) groups is 1. The molecule has 1 atom stereocenters. The SMILES string of the molecule is CN=C(NCCS(=O)(=O)NCC1CCC1)NC1CCc2nc(COC)nn2C1.I. The molecule has 3 rings (SSSR count). The third kappa shape index (κ3) is 7.33. The molecule has 2 heterocycles. The van der Waals surface area contributed by atoms with Crippen LogP contribution in [0, 0.1) is 5.92 Å². The summed E-state index contributed by atoms with van der Waals surface area (Å²) in [6, 6.07) is 0.157. The molecular weight excluding hydrogens is 509 g/mol. The van der Waals surface area contributed by atoms with Gasteiger partial charge < -0.3 is 15.4 Å². The molecule has 0 radical (unpaired) electrons. The van der Waals surface area contributed by atoms with Gasteiger partial charge in [-0.1, -0.05) is 6.42 Å². The lowest BCUT2D eigenvalue weighted by Gasteiger charge is -2.26. The lowest BCUT2D eigenvalue weighted by atomic mass is 9.86. The molecule has 0 bridgehead atoms. The minimum absolute atomic E-state index is 0. The molecule has 0 saturated heterocycles. The number of aryl methyl sites for hydroxylation is 1. The number of hydrogen-bond acceptors (Lipinski definition) is 6. The number of sulfonamides is 1. The first kappa shape index (κ1) is 24.3. The van der Waals surface area contributed by atoms with Gasteiger partial charge in [-0.3, -0.25) is 4.99 Å². The number of aromatic nitrogens is 3. The smallest absolute Gasteiger partial charge is 0.213 e. The number of guanidine groups is 1. The van der Waals surface area contributed by atoms with Gasteiger partial charge in [-0.15, -0.1) is 24.0 Å². The fourth-order valence-electron chi connectivity index (χ4n) is 3.37. The zero-order valence-electron chi connectivity index (χ0n) is 17.1. The van der Waals surface area contributed by atoms with Gasteiger partial charge in [0.1, 0.15) is 12.4 Å². The third-order valence-electron chi connectivity index (χ3n) is 5.22. The first-order chi connectivity index (χ1) is 13.5. The van der Waals surface area contributed by atoms with Gasteiger partial charge >= 0.3 is 0 Å². The molecule has 1 unspecified atom stereocenters. The van der Waals surface area contributed by atoms with E-state index in [-0.39, 0.29) is 35.8 Å². The molecule has 29 heavy (non-hydrogen) atoms. The average Bonchev–Trinajstić information content (AvgIpc) is 3.01. The van der Waals surface area contributed by atoms with Crippen molar-refractivity contribution in [3.05, 3.63) is 11.6 Å². The minimum atomic E-state index is -3.26. The Morgan fingerprint density at radius 1 is 1.34 bits per heavy atom. The summed E-state index contributed by atoms with van der Waals surface area (Å²) in [5.74, 6) is 2.80. The zero-order valence-corrected chi connectivity index (χ0v) is 20.2. The molecule has 1 fully saturated rings. The molecule has 3 N–H and O–H groups in total. The van der Waals surface area contributed by atoms with E-state index in [1.54, 1.807) is 14.2 Å². The molecule has 12 heteroatoms. The number of hydrogen-bond donors (Lipinski definition) is 3. The molecule has 1 saturated carbocycles. The molecule has 1 aromatic heterocycles. The Morgan fingerprint density at radius 2 is 2.14 bits per heavy atom. The maximum absolute atomic E-state index is 12.1. The Balaban J connectivity index is 0.00000300. The van der Waals surface area contributed by atoms with Gasteiger partial charge in [-0.05, 0) is 25.2 Å². The molecule has 0 spiro atoms. The largest absolute Gasteiger partial charge is 0.377 e. The van der Waals surface area contributed by atoms with Crippen molar-refractivity contribution in [1.82, 2.24) is 30.1 Å². The third-order valence-corrected chi connectivity index (χ3v) is 6.57. The van der Waals surface area contributed by atoms with Crippen molar-refractivity contribution >= 4 is 40.0 Å². The quantitative estimate of drug-likeness (QED) is 0.233. The van der Waals surface area contributed by atoms with Crippen LogP contribution in [0.15, 0.2) is 4.99 Å². The number of nitrogens with zero attached hydrogens (tertiary/aromatic N) is 4. The van der Waals surface area contributed by atoms with Crippen LogP contribution in [0.5, 0.6) is 0 Å². The van der Waals surface area contributed by atoms with Gasteiger partial charge in [-0.25, -0.2) is 22.8 Å². The molecule has 10 nitrogen and oxygen atoms in total. The van der Waals surface area contributed by atoms with Gasteiger partial charge in [-0.2, -0.15) is 5.10 Å². The van der Waals surface area contributed by atoms with Crippen molar-refractivity contribution in [3.63, 3.8) is 0 Å². The molecule has 0 amide bonds. The fourth-order valence-corrected chi connectivity index (χ4v) is 4.38. The van der Waals surface area contributed by atoms with Crippen molar-refractivity contribution in [3.8, 4) is 0 Å². The van der Waals surface area contributed by atoms with Crippen molar-refractivity contribution < 1.29 is 13.2 Å². The Bertz CT molecular complexity index is 780. The highest BCUT2D eigenvalue weighted by molar-refractivity contribution is 14.0. The summed E-state index contributed by atoms with van der Waals surface area (Å²) in [6.07, 6.45) is 5.19. The summed E-state index contributed by atoms with van der Waals surface area (Å²) in [6.45, 7) is 1.96. The van der Waals surface area contributed by atoms with Crippen molar-refractivity contribution in [2.75, 3.05) is 33.0 Å². The highest BCUT2D eigenvalue weighted by Gasteiger charge is 2.23. The number of methoxy groups -OCH3 is 1. The minimum Gasteiger partial charge on any atom is -0.377 e. The van der Waals surface area contributed by atoms with Crippen LogP contribution in [-0.2, 0) is 34.3 Å². The van der Waals surface area contributed by atoms with Crippen molar-refractivity contribution in [2.45, 2.75) is 51.3 Å². The Kier molecular flexibility index (Phi) is 9.56. The van der Waals surface area contributed by atoms with Gasteiger partial charge in [0.05, 0.1) is 12.3 Å². The maximum Gasteiger partial charge on any atom is 0.213 e. The van der Waals surface area contributed by atoms with Crippen LogP contribution in [0.1, 0.15) is 37.3 Å². The van der Waals surface area contributed by atoms with Crippen LogP contribution in [-0.4, -0.2) is 68.2 Å². The predicted molar refractivity (Wildman–Crippen MR) is 122 cm³/mol. The van der Waals surface area contributed by atoms with E-state index in [9.17, 15) is 8.42 Å². The summed E-state index contributed by atoms with van der Waals surface area (Å²) in [4.78, 5) is 8.67. The van der Waals surface area contributed by atoms with Gasteiger partial charge in [0, 0.05) is 39.7 Å². The number of rotatable bonds is 9. The van der Waals surface area contributed by atoms with E-state index in [1.165, 1.54) is 6.42 Å². The van der Waals surface area contributed by atoms with E-state index >= 15 is 0 Å². The Morgan fingerprint density at radius 3 is 2.79 bits per heavy atom. The number of nitrogens with one attached hydrogen (secondary N) is 3. The van der Waals surface area contributed by atoms with Crippen molar-refractivity contribution in [1.29, 1.82) is 0 Å². The van der Waals surface area contributed by atoms with E-state index in [1.807, 2.05) is 4.68 Å². The molecule has 0 aromatic carbocycles. The molecular formula is C17H32IN7O3S. The summed E-state index contributed by atoms with van der Waals surface area (Å²) < 4.78 is 33.9. The summed E-state index contributed by atoms with van der Waals surface area (Å²) in [5, 5.41) is 10.9. The average molecular weight is 541 g/mol. The van der Waals surface area contributed by atoms with E-state index in [4.69, 9.17) is 4.74 Å². The zero-order chi connectivity index (χ0) is 20.0. The van der Waals surface area contributed by atoms with Gasteiger partial charge in [0.25, 0.3) is 0 Å². The predicted octanol–water partition coefficient (Wildman–Crippen LogP) is 0.242. The van der Waals surface area contributed by atoms with E-state index < -0.39 is 10.0 Å². The topological polar surface area (TPSA) is 123 Å². The normalized spacial score (nSPS) is 19.8. The second-order valence-corrected chi connectivity index (χ2v) is 9.33. The van der Waals surface area contributed by atoms with E-state index in [0.717, 1.165) is 31.5 Å². The van der Waals surface area contributed by atoms with Crippen LogP contribution in [0.3, 0.4) is 0 Å². The lowest BCUT2D eigenvalue weighted by molar-refractivity contribution is 0.177. The summed E-state index contributed by atoms with van der Waals surface area (Å²) in [5.41, 5.74) is 0. The van der Waals surface area contributed by atoms with Crippen LogP contribution < -0.4 is 15.4 Å². The monoisotopic (exact) mass is 541 g/mol. The number of fused-ring (bicyclic) bond motifs is 1. The second kappa shape index (κ2) is 11.4. The highest BCUT2D eigenvalue weighted by atomic mass is 127. The second-order valence-electron chi connectivity index (χ2n) is 7.40. The molecule has 166 valence electrons. The number of ether oxygens (including phenoxy) is 1. The molecule has 1 aliphatic heterocycles. The van der Waals surface area contributed by atoms with Crippen LogP contribution in [0.4, 0.5) is 0 Å². The van der Waals surface area contributed by atoms with Crippen LogP contribution in [0.2, 0.25) is 0 Å². The summed E-state index contributed by atoms with van der Waals surface area (Å²) >= 11 is 0. The van der Waals surface area contributed by atoms with Crippen LogP contribution in [0.25, 0.3) is 0 Å². The first-order valence-corrected chi connectivity index (χ1v) is 11.5. The van der Waals surface area contributed by atoms with Crippen LogP contribution >= 0.6 is 24.0 Å². The lowest BCUT2D eigenvalue weighted by Crippen LogP contribution is -2.48. The Labute approximate surface area is 189 Å². The highest BCUT2D eigenvalue weighted by Crippen LogP contribution is 2.25. The van der Waals surface area contributed by atoms with Crippen molar-refractivity contribution in [2.24, 2.45) is 10.9 Å². The first-order valence-electron chi connectivity index (χ1n) is 9.85. The standard InChI is InChI=1S/C17H31N7O3S.HI/c1-18-17(19-8-9-28(25,26)20-10-13-4-3-5-13)21-14-6-7-16-22-15(12-27-2)23-24(16)11-14;/h13-14,20H,3-12H2,1-2H3,(H2,18,19,21);1H. The molecule has 2 aliphatic rings. The summed E-state index contributed by atoms with van der Waals surface area (Å²) in [7, 11) is 0.0457. The Hall–Kier alpha value is -0.990. The maximum atomic E-state index is 12.1. The molecule has 1 aromatic rings. The van der Waals surface area contributed by atoms with Gasteiger partial charge in [0.15, 0.2) is 11.8 Å². The fraction of sp³-hybridized carbons (Fsp3) is 0.824. The van der Waals surface area contributed by atoms with E-state index in [2.05, 4.69) is 30.4 Å². The van der Waals surface area contributed by atoms with Gasteiger partial charge in [0.2, 0.25) is 10.0 Å².